The first-order chi connectivity index (χ1) is 0. The average Bonchev–Trinajstić information content (AvgIpc) is 0. The van der Waals surface area contributed by atoms with E-state index >= 15 is 0 Å². The molecule has 4 N–H and O–H groups in total. The van der Waals surface area contributed by atoms with Crippen LogP contribution < -0.4 is 0 Å². The van der Waals surface area contributed by atoms with E-state index in [0.717, 1.165) is 0 Å². The molecule has 0 saturated heterocycles. The van der Waals surface area contributed by atoms with Gasteiger partial charge in [-0.25, -0.2) is 0 Å². The van der Waals surface area contributed by atoms with Crippen molar-refractivity contribution in [1.82, 2.24) is 0 Å². The normalized spacial score (nSPS) is 0. The Morgan fingerprint density at radius 3 is 0.571 bits per heavy atom. The molecule has 0 aromatic rings. The molecule has 0 aliphatic carbocycles. The van der Waals surface area contributed by atoms with Crippen molar-refractivity contribution < 1.29 is 66.0 Å². The van der Waals surface area contributed by atoms with Gasteiger partial charge in [0.1, 0.15) is 0 Å². The molecule has 39 valence electrons. The van der Waals surface area contributed by atoms with Crippen LogP contribution in [0.15, 0.2) is 0 Å². The van der Waals surface area contributed by atoms with Crippen LogP contribution in [0.2, 0.25) is 0 Å². The minimum absolute atomic E-state index is 0. The Bertz CT molecular complexity index is 11.7. The fourth-order valence-corrected chi connectivity index (χ4v) is 0. The van der Waals surface area contributed by atoms with Crippen molar-refractivity contribution in [2.75, 3.05) is 0 Å². The molecular formula is H4NbO4SrTi. The second kappa shape index (κ2) is 68.9. The Morgan fingerprint density at radius 1 is 0.571 bits per heavy atom. The van der Waals surface area contributed by atoms with E-state index in [-0.39, 0.29) is 111 Å². The van der Waals surface area contributed by atoms with Crippen LogP contribution >= 0.6 is 0 Å². The molecule has 0 aliphatic heterocycles. The summed E-state index contributed by atoms with van der Waals surface area (Å²) in [6, 6.07) is 0. The van der Waals surface area contributed by atoms with Crippen molar-refractivity contribution >= 4 is 45.5 Å². The van der Waals surface area contributed by atoms with Crippen molar-refractivity contribution in [3.05, 3.63) is 0 Å². The summed E-state index contributed by atoms with van der Waals surface area (Å²) in [6.07, 6.45) is 0. The van der Waals surface area contributed by atoms with E-state index in [0.29, 0.717) is 0 Å². The molecule has 0 heterocycles. The monoisotopic (exact) mass is 297 g/mol. The molecular weight excluding hydrogens is 292 g/mol. The summed E-state index contributed by atoms with van der Waals surface area (Å²) < 4.78 is 0. The molecule has 0 saturated carbocycles. The van der Waals surface area contributed by atoms with Gasteiger partial charge < -0.3 is 21.9 Å². The topological polar surface area (TPSA) is 120 Å². The first kappa shape index (κ1) is 97.7. The van der Waals surface area contributed by atoms with Gasteiger partial charge in [-0.15, -0.1) is 0 Å². The van der Waals surface area contributed by atoms with E-state index < -0.39 is 0 Å². The average molecular weight is 296 g/mol. The molecule has 0 aromatic heterocycles. The minimum Gasteiger partial charge on any atom is -0.870 e. The first-order valence-electron chi connectivity index (χ1n) is 0. The molecule has 0 aromatic carbocycles. The fourth-order valence-electron chi connectivity index (χ4n) is 0. The van der Waals surface area contributed by atoms with E-state index in [1.54, 1.807) is 0 Å². The third-order valence-corrected chi connectivity index (χ3v) is 0. The molecule has 4 nitrogen and oxygen atoms in total. The quantitative estimate of drug-likeness (QED) is 0.527. The predicted molar refractivity (Wildman–Crippen MR) is 13.5 cm³/mol. The van der Waals surface area contributed by atoms with Gasteiger partial charge in [0.25, 0.3) is 0 Å². The Morgan fingerprint density at radius 2 is 0.571 bits per heavy atom. The Kier molecular flexibility index (Phi) is 962. The number of hydrogen-bond donors (Lipinski definition) is 0. The van der Waals surface area contributed by atoms with Crippen molar-refractivity contribution in [2.24, 2.45) is 0 Å². The first-order valence-corrected chi connectivity index (χ1v) is 0. The second-order valence-corrected chi connectivity index (χ2v) is 0. The van der Waals surface area contributed by atoms with Crippen LogP contribution in [0.1, 0.15) is 0 Å². The van der Waals surface area contributed by atoms with Gasteiger partial charge >= 0.3 is 67.9 Å². The van der Waals surface area contributed by atoms with Gasteiger partial charge in [0.15, 0.2) is 0 Å². The third-order valence-electron chi connectivity index (χ3n) is 0. The SMILES string of the molecule is [Nb+2].[OH-].[OH-].[OH-].[OH-].[Sr+2].[Ti]. The Balaban J connectivity index is 0. The summed E-state index contributed by atoms with van der Waals surface area (Å²) in [5.41, 5.74) is 0. The van der Waals surface area contributed by atoms with E-state index in [9.17, 15) is 0 Å². The molecule has 0 unspecified atom stereocenters. The van der Waals surface area contributed by atoms with Gasteiger partial charge in [0, 0.05) is 21.7 Å². The molecule has 0 aliphatic rings. The van der Waals surface area contributed by atoms with Gasteiger partial charge in [-0.2, -0.15) is 0 Å². The van der Waals surface area contributed by atoms with Gasteiger partial charge in [-0.05, 0) is 0 Å². The van der Waals surface area contributed by atoms with E-state index in [2.05, 4.69) is 0 Å². The van der Waals surface area contributed by atoms with Gasteiger partial charge in [-0.3, -0.25) is 0 Å². The van der Waals surface area contributed by atoms with Crippen LogP contribution in [0.3, 0.4) is 0 Å². The third kappa shape index (κ3) is 52.3. The zero-order valence-corrected chi connectivity index (χ0v) is 10.7. The van der Waals surface area contributed by atoms with E-state index in [4.69, 9.17) is 0 Å². The molecule has 1 radical (unpaired) electrons. The molecule has 0 amide bonds. The van der Waals surface area contributed by atoms with Gasteiger partial charge in [0.05, 0.1) is 0 Å². The molecule has 0 rings (SSSR count). The van der Waals surface area contributed by atoms with Crippen LogP contribution in [0.4, 0.5) is 0 Å². The van der Waals surface area contributed by atoms with Crippen LogP contribution in [0.25, 0.3) is 0 Å². The zero-order chi connectivity index (χ0) is 0. The van der Waals surface area contributed by atoms with Crippen LogP contribution in [-0.4, -0.2) is 67.4 Å². The largest absolute Gasteiger partial charge is 2.00 e. The fraction of sp³-hybridized carbons (Fsp3) is 0. The van der Waals surface area contributed by atoms with Crippen LogP contribution in [0, 0.1) is 0 Å². The van der Waals surface area contributed by atoms with Crippen molar-refractivity contribution in [2.45, 2.75) is 0 Å². The maximum atomic E-state index is 0. The summed E-state index contributed by atoms with van der Waals surface area (Å²) in [5, 5.41) is 0. The minimum atomic E-state index is 0. The summed E-state index contributed by atoms with van der Waals surface area (Å²) in [5.74, 6) is 0. The van der Waals surface area contributed by atoms with Crippen LogP contribution in [-0.2, 0) is 44.1 Å². The predicted octanol–water partition coefficient (Wildman–Crippen LogP) is -1.09. The summed E-state index contributed by atoms with van der Waals surface area (Å²) in [6.45, 7) is 0. The zero-order valence-electron chi connectivity index (χ0n) is 3.44. The second-order valence-electron chi connectivity index (χ2n) is 0. The van der Waals surface area contributed by atoms with Crippen molar-refractivity contribution in [1.29, 1.82) is 0 Å². The maximum Gasteiger partial charge on any atom is 2.00 e. The summed E-state index contributed by atoms with van der Waals surface area (Å²) >= 11 is 0. The van der Waals surface area contributed by atoms with Gasteiger partial charge in [0.2, 0.25) is 0 Å². The van der Waals surface area contributed by atoms with Crippen LogP contribution in [0.5, 0.6) is 0 Å². The summed E-state index contributed by atoms with van der Waals surface area (Å²) in [7, 11) is 0. The van der Waals surface area contributed by atoms with E-state index in [1.807, 2.05) is 0 Å². The maximum absolute atomic E-state index is 0. The number of rotatable bonds is 0. The van der Waals surface area contributed by atoms with Gasteiger partial charge in [-0.1, -0.05) is 0 Å². The Hall–Kier alpha value is 2.78. The molecule has 7 heavy (non-hydrogen) atoms. The molecule has 7 heteroatoms. The molecule has 0 spiro atoms. The standard InChI is InChI=1S/Nb.4H2O.Sr.Ti/h;4*1H2;;/q+2;;;;;+2;/p-4. The van der Waals surface area contributed by atoms with Crippen molar-refractivity contribution in [3.63, 3.8) is 0 Å². The summed E-state index contributed by atoms with van der Waals surface area (Å²) in [4.78, 5) is 0. The molecule has 0 atom stereocenters. The molecule has 0 bridgehead atoms. The number of hydrogen-bond acceptors (Lipinski definition) is 4. The smallest absolute Gasteiger partial charge is 0.870 e. The molecule has 0 fully saturated rings. The van der Waals surface area contributed by atoms with Crippen molar-refractivity contribution in [3.8, 4) is 0 Å². The Labute approximate surface area is 109 Å². The van der Waals surface area contributed by atoms with E-state index in [1.165, 1.54) is 0 Å².